The van der Waals surface area contributed by atoms with E-state index >= 15 is 0 Å². The standard InChI is InChI=1S/C26H23N5/c1-2-12-27-23(5-1)19-8-6-18(7-9-19)20-11-15-31-24(17-30-25(31)16-20)21-10-14-29-26-22(21)4-3-13-28-26/h3-4,6-11,13-17,23,27H,1-2,5,12H2. The van der Waals surface area contributed by atoms with E-state index in [2.05, 4.69) is 68.3 Å². The molecule has 5 heterocycles. The van der Waals surface area contributed by atoms with Crippen LogP contribution in [0, 0.1) is 0 Å². The van der Waals surface area contributed by atoms with Crippen molar-refractivity contribution in [2.24, 2.45) is 0 Å². The van der Waals surface area contributed by atoms with Gasteiger partial charge in [-0.3, -0.25) is 4.40 Å². The number of aromatic nitrogens is 4. The lowest BCUT2D eigenvalue weighted by molar-refractivity contribution is 0.412. The molecule has 1 atom stereocenters. The first-order valence-corrected chi connectivity index (χ1v) is 10.9. The maximum atomic E-state index is 4.69. The van der Waals surface area contributed by atoms with Crippen molar-refractivity contribution in [3.8, 4) is 22.4 Å². The molecule has 1 fully saturated rings. The first-order valence-electron chi connectivity index (χ1n) is 10.9. The SMILES string of the molecule is c1cnc2nccc(-c3cnc4cc(-c5ccc(C6CCCCN6)cc5)ccn34)c2c1. The van der Waals surface area contributed by atoms with Crippen LogP contribution in [0.15, 0.2) is 79.4 Å². The second-order valence-electron chi connectivity index (χ2n) is 8.14. The third-order valence-electron chi connectivity index (χ3n) is 6.26. The normalized spacial score (nSPS) is 16.7. The minimum atomic E-state index is 0.491. The minimum Gasteiger partial charge on any atom is -0.310 e. The Morgan fingerprint density at radius 3 is 2.65 bits per heavy atom. The zero-order valence-electron chi connectivity index (χ0n) is 17.2. The number of benzene rings is 1. The molecule has 152 valence electrons. The lowest BCUT2D eigenvalue weighted by Crippen LogP contribution is -2.26. The third-order valence-corrected chi connectivity index (χ3v) is 6.26. The largest absolute Gasteiger partial charge is 0.310 e. The number of imidazole rings is 1. The highest BCUT2D eigenvalue weighted by atomic mass is 15.0. The van der Waals surface area contributed by atoms with Gasteiger partial charge in [0.1, 0.15) is 5.65 Å². The predicted octanol–water partition coefficient (Wildman–Crippen LogP) is 5.43. The van der Waals surface area contributed by atoms with Gasteiger partial charge < -0.3 is 5.32 Å². The van der Waals surface area contributed by atoms with Gasteiger partial charge in [0.05, 0.1) is 11.9 Å². The second kappa shape index (κ2) is 7.60. The van der Waals surface area contributed by atoms with Crippen LogP contribution in [0.4, 0.5) is 0 Å². The summed E-state index contributed by atoms with van der Waals surface area (Å²) in [5, 5.41) is 4.66. The van der Waals surface area contributed by atoms with Crippen LogP contribution >= 0.6 is 0 Å². The molecule has 1 N–H and O–H groups in total. The van der Waals surface area contributed by atoms with Crippen LogP contribution in [-0.2, 0) is 0 Å². The number of pyridine rings is 3. The molecular formula is C26H23N5. The maximum absolute atomic E-state index is 4.69. The number of rotatable bonds is 3. The van der Waals surface area contributed by atoms with Gasteiger partial charge in [-0.1, -0.05) is 30.7 Å². The van der Waals surface area contributed by atoms with Crippen molar-refractivity contribution in [1.29, 1.82) is 0 Å². The topological polar surface area (TPSA) is 55.1 Å². The third kappa shape index (κ3) is 3.27. The molecule has 6 rings (SSSR count). The Hall–Kier alpha value is -3.57. The van der Waals surface area contributed by atoms with E-state index < -0.39 is 0 Å². The van der Waals surface area contributed by atoms with Crippen LogP contribution in [-0.4, -0.2) is 25.9 Å². The molecule has 4 aromatic heterocycles. The summed E-state index contributed by atoms with van der Waals surface area (Å²) in [6.07, 6.45) is 11.4. The summed E-state index contributed by atoms with van der Waals surface area (Å²) < 4.78 is 2.13. The molecule has 1 saturated heterocycles. The summed E-state index contributed by atoms with van der Waals surface area (Å²) in [6, 6.07) is 19.8. The van der Waals surface area contributed by atoms with Gasteiger partial charge >= 0.3 is 0 Å². The molecule has 0 saturated carbocycles. The first kappa shape index (κ1) is 18.2. The van der Waals surface area contributed by atoms with Crippen LogP contribution in [0.5, 0.6) is 0 Å². The smallest absolute Gasteiger partial charge is 0.159 e. The van der Waals surface area contributed by atoms with Gasteiger partial charge in [0.2, 0.25) is 0 Å². The number of hydrogen-bond donors (Lipinski definition) is 1. The van der Waals surface area contributed by atoms with Crippen LogP contribution in [0.25, 0.3) is 39.1 Å². The van der Waals surface area contributed by atoms with Gasteiger partial charge in [0.15, 0.2) is 5.65 Å². The Kier molecular flexibility index (Phi) is 4.47. The zero-order chi connectivity index (χ0) is 20.6. The van der Waals surface area contributed by atoms with E-state index in [1.165, 1.54) is 36.0 Å². The number of fused-ring (bicyclic) bond motifs is 2. The van der Waals surface area contributed by atoms with E-state index in [9.17, 15) is 0 Å². The number of nitrogens with one attached hydrogen (secondary N) is 1. The van der Waals surface area contributed by atoms with Crippen molar-refractivity contribution in [1.82, 2.24) is 24.7 Å². The van der Waals surface area contributed by atoms with Crippen molar-refractivity contribution < 1.29 is 0 Å². The number of piperidine rings is 1. The van der Waals surface area contributed by atoms with E-state index in [4.69, 9.17) is 4.98 Å². The van der Waals surface area contributed by atoms with E-state index in [0.717, 1.165) is 34.5 Å². The summed E-state index contributed by atoms with van der Waals surface area (Å²) in [4.78, 5) is 13.5. The maximum Gasteiger partial charge on any atom is 0.159 e. The molecule has 1 aliphatic rings. The van der Waals surface area contributed by atoms with Crippen molar-refractivity contribution >= 4 is 16.7 Å². The van der Waals surface area contributed by atoms with E-state index in [1.54, 1.807) is 12.4 Å². The average Bonchev–Trinajstić information content (AvgIpc) is 3.27. The van der Waals surface area contributed by atoms with Crippen molar-refractivity contribution in [3.05, 3.63) is 84.9 Å². The second-order valence-corrected chi connectivity index (χ2v) is 8.14. The van der Waals surface area contributed by atoms with Crippen LogP contribution < -0.4 is 5.32 Å². The van der Waals surface area contributed by atoms with Crippen LogP contribution in [0.2, 0.25) is 0 Å². The van der Waals surface area contributed by atoms with Crippen molar-refractivity contribution in [3.63, 3.8) is 0 Å². The molecule has 31 heavy (non-hydrogen) atoms. The fourth-order valence-corrected chi connectivity index (χ4v) is 4.61. The van der Waals surface area contributed by atoms with Gasteiger partial charge in [0, 0.05) is 35.6 Å². The summed E-state index contributed by atoms with van der Waals surface area (Å²) >= 11 is 0. The van der Waals surface area contributed by atoms with Gasteiger partial charge in [-0.05, 0) is 66.4 Å². The van der Waals surface area contributed by atoms with Crippen molar-refractivity contribution in [2.45, 2.75) is 25.3 Å². The molecule has 5 heteroatoms. The Labute approximate surface area is 180 Å². The molecule has 0 radical (unpaired) electrons. The van der Waals surface area contributed by atoms with E-state index in [1.807, 2.05) is 18.3 Å². The van der Waals surface area contributed by atoms with E-state index in [0.29, 0.717) is 6.04 Å². The highest BCUT2D eigenvalue weighted by molar-refractivity contribution is 5.91. The quantitative estimate of drug-likeness (QED) is 0.435. The monoisotopic (exact) mass is 405 g/mol. The molecule has 0 spiro atoms. The Balaban J connectivity index is 1.36. The molecule has 5 nitrogen and oxygen atoms in total. The van der Waals surface area contributed by atoms with Gasteiger partial charge in [-0.15, -0.1) is 0 Å². The summed E-state index contributed by atoms with van der Waals surface area (Å²) in [6.45, 7) is 1.12. The summed E-state index contributed by atoms with van der Waals surface area (Å²) in [5.74, 6) is 0. The molecule has 0 amide bonds. The highest BCUT2D eigenvalue weighted by Crippen LogP contribution is 2.30. The van der Waals surface area contributed by atoms with Crippen LogP contribution in [0.1, 0.15) is 30.9 Å². The van der Waals surface area contributed by atoms with Crippen LogP contribution in [0.3, 0.4) is 0 Å². The lowest BCUT2D eigenvalue weighted by Gasteiger charge is -2.24. The first-order chi connectivity index (χ1) is 15.4. The van der Waals surface area contributed by atoms with Gasteiger partial charge in [-0.2, -0.15) is 0 Å². The number of hydrogen-bond acceptors (Lipinski definition) is 4. The Morgan fingerprint density at radius 2 is 1.77 bits per heavy atom. The highest BCUT2D eigenvalue weighted by Gasteiger charge is 2.15. The average molecular weight is 406 g/mol. The fourth-order valence-electron chi connectivity index (χ4n) is 4.61. The predicted molar refractivity (Wildman–Crippen MR) is 124 cm³/mol. The summed E-state index contributed by atoms with van der Waals surface area (Å²) in [5.41, 5.74) is 7.58. The number of nitrogens with zero attached hydrogens (tertiary/aromatic N) is 4. The lowest BCUT2D eigenvalue weighted by atomic mass is 9.95. The molecule has 1 aromatic carbocycles. The molecule has 1 unspecified atom stereocenters. The molecule has 0 bridgehead atoms. The molecule has 1 aliphatic heterocycles. The Morgan fingerprint density at radius 1 is 0.871 bits per heavy atom. The molecule has 0 aliphatic carbocycles. The fraction of sp³-hybridized carbons (Fsp3) is 0.192. The minimum absolute atomic E-state index is 0.491. The molecular weight excluding hydrogens is 382 g/mol. The zero-order valence-corrected chi connectivity index (χ0v) is 17.2. The Bertz CT molecular complexity index is 1360. The molecule has 5 aromatic rings. The van der Waals surface area contributed by atoms with Crippen molar-refractivity contribution in [2.75, 3.05) is 6.54 Å². The van der Waals surface area contributed by atoms with E-state index in [-0.39, 0.29) is 0 Å². The van der Waals surface area contributed by atoms with Gasteiger partial charge in [-0.25, -0.2) is 15.0 Å². The summed E-state index contributed by atoms with van der Waals surface area (Å²) in [7, 11) is 0. The van der Waals surface area contributed by atoms with Gasteiger partial charge in [0.25, 0.3) is 0 Å².